The van der Waals surface area contributed by atoms with Gasteiger partial charge in [-0.15, -0.1) is 0 Å². The topological polar surface area (TPSA) is 32.9 Å². The molecule has 0 fully saturated rings. The van der Waals surface area contributed by atoms with E-state index >= 15 is 0 Å². The second-order valence-electron chi connectivity index (χ2n) is 3.54. The summed E-state index contributed by atoms with van der Waals surface area (Å²) >= 11 is 0. The molecule has 2 rings (SSSR count). The highest BCUT2D eigenvalue weighted by atomic mass is 16.1. The fourth-order valence-electron chi connectivity index (χ4n) is 1.30. The molecule has 2 aromatic rings. The minimum Gasteiger partial charge on any atom is -0.315 e. The average Bonchev–Trinajstić information content (AvgIpc) is 2.28. The highest BCUT2D eigenvalue weighted by molar-refractivity contribution is 5.40. The van der Waals surface area contributed by atoms with Crippen LogP contribution in [0.3, 0.4) is 0 Å². The largest absolute Gasteiger partial charge is 0.315 e. The van der Waals surface area contributed by atoms with Crippen molar-refractivity contribution in [1.82, 2.24) is 4.98 Å². The summed E-state index contributed by atoms with van der Waals surface area (Å²) in [5.41, 5.74) is 2.65. The SMILES string of the molecule is Cc1ccc(C#Cc2cccc(=O)[nH]2)cc1. The molecule has 0 aliphatic rings. The Hall–Kier alpha value is -2.27. The Kier molecular flexibility index (Phi) is 2.88. The summed E-state index contributed by atoms with van der Waals surface area (Å²) in [4.78, 5) is 13.7. The molecule has 0 saturated carbocycles. The van der Waals surface area contributed by atoms with Gasteiger partial charge in [0.05, 0.1) is 5.69 Å². The molecule has 1 heterocycles. The zero-order valence-electron chi connectivity index (χ0n) is 8.95. The molecule has 0 aliphatic carbocycles. The number of hydrogen-bond acceptors (Lipinski definition) is 1. The highest BCUT2D eigenvalue weighted by Crippen LogP contribution is 2.01. The maximum Gasteiger partial charge on any atom is 0.248 e. The van der Waals surface area contributed by atoms with E-state index < -0.39 is 0 Å². The van der Waals surface area contributed by atoms with Gasteiger partial charge in [0.2, 0.25) is 5.56 Å². The smallest absolute Gasteiger partial charge is 0.248 e. The quantitative estimate of drug-likeness (QED) is 0.662. The maximum atomic E-state index is 11.0. The highest BCUT2D eigenvalue weighted by Gasteiger charge is 1.88. The van der Waals surface area contributed by atoms with Gasteiger partial charge in [-0.2, -0.15) is 0 Å². The van der Waals surface area contributed by atoms with Crippen LogP contribution < -0.4 is 5.56 Å². The zero-order valence-corrected chi connectivity index (χ0v) is 8.95. The molecule has 1 aromatic carbocycles. The molecule has 1 aromatic heterocycles. The lowest BCUT2D eigenvalue weighted by atomic mass is 10.1. The molecule has 0 aliphatic heterocycles. The van der Waals surface area contributed by atoms with E-state index in [9.17, 15) is 4.79 Å². The van der Waals surface area contributed by atoms with Gasteiger partial charge in [-0.1, -0.05) is 29.7 Å². The molecule has 0 radical (unpaired) electrons. The van der Waals surface area contributed by atoms with E-state index in [-0.39, 0.29) is 5.56 Å². The van der Waals surface area contributed by atoms with Crippen molar-refractivity contribution in [2.24, 2.45) is 0 Å². The van der Waals surface area contributed by atoms with Crippen LogP contribution in [0.15, 0.2) is 47.3 Å². The van der Waals surface area contributed by atoms with Crippen LogP contribution in [0.1, 0.15) is 16.8 Å². The van der Waals surface area contributed by atoms with Crippen molar-refractivity contribution in [3.8, 4) is 11.8 Å². The van der Waals surface area contributed by atoms with Crippen molar-refractivity contribution in [3.63, 3.8) is 0 Å². The molecule has 0 bridgehead atoms. The lowest BCUT2D eigenvalue weighted by Crippen LogP contribution is -2.03. The van der Waals surface area contributed by atoms with Gasteiger partial charge in [0.15, 0.2) is 0 Å². The summed E-state index contributed by atoms with van der Waals surface area (Å²) in [6.07, 6.45) is 0. The molecule has 16 heavy (non-hydrogen) atoms. The first-order chi connectivity index (χ1) is 7.74. The van der Waals surface area contributed by atoms with Gasteiger partial charge in [-0.3, -0.25) is 4.79 Å². The molecule has 0 unspecified atom stereocenters. The van der Waals surface area contributed by atoms with Crippen LogP contribution in [0.25, 0.3) is 0 Å². The molecule has 2 nitrogen and oxygen atoms in total. The number of aromatic amines is 1. The summed E-state index contributed by atoms with van der Waals surface area (Å²) < 4.78 is 0. The Bertz CT molecular complexity index is 597. The molecule has 0 spiro atoms. The molecular formula is C14H11NO. The number of pyridine rings is 1. The van der Waals surface area contributed by atoms with Crippen LogP contribution in [0.2, 0.25) is 0 Å². The van der Waals surface area contributed by atoms with Gasteiger partial charge in [-0.25, -0.2) is 0 Å². The lowest BCUT2D eigenvalue weighted by molar-refractivity contribution is 1.21. The molecule has 1 N–H and O–H groups in total. The Balaban J connectivity index is 2.28. The van der Waals surface area contributed by atoms with Crippen LogP contribution in [0.5, 0.6) is 0 Å². The first kappa shape index (κ1) is 10.3. The van der Waals surface area contributed by atoms with E-state index in [1.54, 1.807) is 12.1 Å². The van der Waals surface area contributed by atoms with Gasteiger partial charge >= 0.3 is 0 Å². The second-order valence-corrected chi connectivity index (χ2v) is 3.54. The van der Waals surface area contributed by atoms with Crippen molar-refractivity contribution in [1.29, 1.82) is 0 Å². The van der Waals surface area contributed by atoms with Gasteiger partial charge < -0.3 is 4.98 Å². The second kappa shape index (κ2) is 4.50. The van der Waals surface area contributed by atoms with E-state index in [2.05, 4.69) is 16.8 Å². The molecule has 2 heteroatoms. The van der Waals surface area contributed by atoms with Gasteiger partial charge in [-0.05, 0) is 31.0 Å². The van der Waals surface area contributed by atoms with Crippen LogP contribution >= 0.6 is 0 Å². The van der Waals surface area contributed by atoms with Gasteiger partial charge in [0.1, 0.15) is 0 Å². The summed E-state index contributed by atoms with van der Waals surface area (Å²) in [5.74, 6) is 5.91. The summed E-state index contributed by atoms with van der Waals surface area (Å²) in [5, 5.41) is 0. The van der Waals surface area contributed by atoms with Crippen LogP contribution in [0.4, 0.5) is 0 Å². The Labute approximate surface area is 94.0 Å². The minimum absolute atomic E-state index is 0.129. The zero-order chi connectivity index (χ0) is 11.4. The summed E-state index contributed by atoms with van der Waals surface area (Å²) in [6, 6.07) is 12.9. The van der Waals surface area contributed by atoms with Crippen LogP contribution in [-0.4, -0.2) is 4.98 Å². The third-order valence-corrected chi connectivity index (χ3v) is 2.16. The normalized spacial score (nSPS) is 9.31. The van der Waals surface area contributed by atoms with E-state index in [0.29, 0.717) is 5.69 Å². The maximum absolute atomic E-state index is 11.0. The Morgan fingerprint density at radius 3 is 2.44 bits per heavy atom. The summed E-state index contributed by atoms with van der Waals surface area (Å²) in [6.45, 7) is 2.03. The predicted molar refractivity (Wildman–Crippen MR) is 64.2 cm³/mol. The van der Waals surface area contributed by atoms with Crippen molar-refractivity contribution in [2.45, 2.75) is 6.92 Å². The number of benzene rings is 1. The molecular weight excluding hydrogens is 198 g/mol. The third kappa shape index (κ3) is 2.61. The average molecular weight is 209 g/mol. The van der Waals surface area contributed by atoms with Crippen molar-refractivity contribution < 1.29 is 0 Å². The Morgan fingerprint density at radius 2 is 1.75 bits per heavy atom. The monoisotopic (exact) mass is 209 g/mol. The molecule has 0 amide bonds. The van der Waals surface area contributed by atoms with Crippen LogP contribution in [-0.2, 0) is 0 Å². The molecule has 0 saturated heterocycles. The fourth-order valence-corrected chi connectivity index (χ4v) is 1.30. The van der Waals surface area contributed by atoms with E-state index in [0.717, 1.165) is 5.56 Å². The van der Waals surface area contributed by atoms with Crippen molar-refractivity contribution >= 4 is 0 Å². The predicted octanol–water partition coefficient (Wildman–Crippen LogP) is 2.08. The number of hydrogen-bond donors (Lipinski definition) is 1. The molecule has 0 atom stereocenters. The number of H-pyrrole nitrogens is 1. The minimum atomic E-state index is -0.129. The molecule has 78 valence electrons. The standard InChI is InChI=1S/C14H11NO/c1-11-5-7-12(8-6-11)9-10-13-3-2-4-14(16)15-13/h2-8H,1H3,(H,15,16). The summed E-state index contributed by atoms with van der Waals surface area (Å²) in [7, 11) is 0. The third-order valence-electron chi connectivity index (χ3n) is 2.16. The first-order valence-corrected chi connectivity index (χ1v) is 5.02. The number of rotatable bonds is 0. The van der Waals surface area contributed by atoms with Crippen LogP contribution in [0, 0.1) is 18.8 Å². The van der Waals surface area contributed by atoms with E-state index in [1.807, 2.05) is 31.2 Å². The number of nitrogens with one attached hydrogen (secondary N) is 1. The first-order valence-electron chi connectivity index (χ1n) is 5.02. The van der Waals surface area contributed by atoms with E-state index in [4.69, 9.17) is 0 Å². The van der Waals surface area contributed by atoms with Crippen molar-refractivity contribution in [3.05, 3.63) is 69.6 Å². The Morgan fingerprint density at radius 1 is 1.00 bits per heavy atom. The van der Waals surface area contributed by atoms with Gasteiger partial charge in [0.25, 0.3) is 0 Å². The number of aryl methyl sites for hydroxylation is 1. The fraction of sp³-hybridized carbons (Fsp3) is 0.0714. The number of aromatic nitrogens is 1. The lowest BCUT2D eigenvalue weighted by Gasteiger charge is -1.92. The van der Waals surface area contributed by atoms with Gasteiger partial charge in [0, 0.05) is 11.6 Å². The van der Waals surface area contributed by atoms with Crippen molar-refractivity contribution in [2.75, 3.05) is 0 Å². The van der Waals surface area contributed by atoms with E-state index in [1.165, 1.54) is 11.6 Å².